The van der Waals surface area contributed by atoms with Gasteiger partial charge in [0.15, 0.2) is 0 Å². The fourth-order valence-electron chi connectivity index (χ4n) is 7.17. The molecule has 0 saturated heterocycles. The summed E-state index contributed by atoms with van der Waals surface area (Å²) in [5, 5.41) is 10.7. The Morgan fingerprint density at radius 2 is 1.10 bits per heavy atom. The minimum atomic E-state index is 1.19. The fraction of sp³-hybridized carbons (Fsp3) is 0. The smallest absolute Gasteiger partial charge is 0.0641 e. The first-order valence-electron chi connectivity index (χ1n) is 13.4. The van der Waals surface area contributed by atoms with Crippen LogP contribution in [0.5, 0.6) is 0 Å². The number of rotatable bonds is 1. The van der Waals surface area contributed by atoms with Crippen molar-refractivity contribution in [2.45, 2.75) is 0 Å². The van der Waals surface area contributed by atoms with Crippen molar-refractivity contribution >= 4 is 91.4 Å². The number of thiophene rings is 1. The molecular weight excluding hydrogens is 492 g/mol. The quantitative estimate of drug-likeness (QED) is 0.207. The highest BCUT2D eigenvalue weighted by Crippen LogP contribution is 2.48. The summed E-state index contributed by atoms with van der Waals surface area (Å²) in [6.07, 6.45) is 0. The first kappa shape index (κ1) is 20.1. The van der Waals surface area contributed by atoms with Crippen LogP contribution in [0.1, 0.15) is 0 Å². The number of hydrogen-bond donors (Lipinski definition) is 0. The van der Waals surface area contributed by atoms with E-state index in [1.165, 1.54) is 85.8 Å². The molecule has 10 rings (SSSR count). The van der Waals surface area contributed by atoms with Crippen molar-refractivity contribution in [2.24, 2.45) is 0 Å². The molecule has 180 valence electrons. The van der Waals surface area contributed by atoms with Gasteiger partial charge in [0.1, 0.15) is 0 Å². The second kappa shape index (κ2) is 6.96. The Balaban J connectivity index is 1.52. The van der Waals surface area contributed by atoms with E-state index in [0.29, 0.717) is 0 Å². The van der Waals surface area contributed by atoms with Crippen LogP contribution in [0.2, 0.25) is 0 Å². The van der Waals surface area contributed by atoms with E-state index in [0.717, 1.165) is 0 Å². The maximum absolute atomic E-state index is 2.56. The van der Waals surface area contributed by atoms with Gasteiger partial charge in [-0.3, -0.25) is 0 Å². The lowest BCUT2D eigenvalue weighted by molar-refractivity contribution is 1.18. The van der Waals surface area contributed by atoms with Gasteiger partial charge in [0.05, 0.1) is 27.6 Å². The van der Waals surface area contributed by atoms with Crippen LogP contribution >= 0.6 is 11.3 Å². The van der Waals surface area contributed by atoms with Gasteiger partial charge in [0, 0.05) is 58.2 Å². The van der Waals surface area contributed by atoms with Crippen LogP contribution in [-0.4, -0.2) is 8.97 Å². The Labute approximate surface area is 226 Å². The first-order chi connectivity index (χ1) is 19.4. The molecule has 0 atom stereocenters. The monoisotopic (exact) mass is 512 g/mol. The molecular formula is C36H20N2S. The third kappa shape index (κ3) is 2.34. The van der Waals surface area contributed by atoms with E-state index in [9.17, 15) is 0 Å². The summed E-state index contributed by atoms with van der Waals surface area (Å²) in [5.74, 6) is 0. The predicted molar refractivity (Wildman–Crippen MR) is 168 cm³/mol. The molecule has 39 heavy (non-hydrogen) atoms. The largest absolute Gasteiger partial charge is 0.309 e. The highest BCUT2D eigenvalue weighted by molar-refractivity contribution is 7.26. The third-order valence-electron chi connectivity index (χ3n) is 8.63. The number of para-hydroxylation sites is 3. The average molecular weight is 513 g/mol. The highest BCUT2D eigenvalue weighted by atomic mass is 32.1. The lowest BCUT2D eigenvalue weighted by Crippen LogP contribution is -1.92. The van der Waals surface area contributed by atoms with E-state index in [1.807, 2.05) is 11.3 Å². The molecule has 0 unspecified atom stereocenters. The van der Waals surface area contributed by atoms with Crippen LogP contribution in [0.3, 0.4) is 0 Å². The molecule has 2 nitrogen and oxygen atoms in total. The molecule has 0 N–H and O–H groups in total. The van der Waals surface area contributed by atoms with Crippen molar-refractivity contribution in [3.05, 3.63) is 121 Å². The van der Waals surface area contributed by atoms with Crippen molar-refractivity contribution in [1.29, 1.82) is 0 Å². The summed E-state index contributed by atoms with van der Waals surface area (Å²) in [4.78, 5) is 0. The maximum atomic E-state index is 2.56. The molecule has 4 heterocycles. The second-order valence-corrected chi connectivity index (χ2v) is 11.6. The minimum Gasteiger partial charge on any atom is -0.309 e. The summed E-state index contributed by atoms with van der Waals surface area (Å²) >= 11 is 1.89. The summed E-state index contributed by atoms with van der Waals surface area (Å²) in [6, 6.07) is 44.6. The zero-order valence-electron chi connectivity index (χ0n) is 20.8. The summed E-state index contributed by atoms with van der Waals surface area (Å²) < 4.78 is 7.68. The zero-order valence-corrected chi connectivity index (χ0v) is 21.7. The molecule has 0 fully saturated rings. The zero-order chi connectivity index (χ0) is 25.2. The lowest BCUT2D eigenvalue weighted by Gasteiger charge is -2.07. The Bertz CT molecular complexity index is 2600. The van der Waals surface area contributed by atoms with Crippen LogP contribution < -0.4 is 0 Å². The normalized spacial score (nSPS) is 12.6. The van der Waals surface area contributed by atoms with Crippen molar-refractivity contribution in [3.8, 4) is 5.69 Å². The van der Waals surface area contributed by atoms with Crippen molar-refractivity contribution in [1.82, 2.24) is 8.97 Å². The van der Waals surface area contributed by atoms with Crippen LogP contribution in [0.15, 0.2) is 121 Å². The number of hydrogen-bond acceptors (Lipinski definition) is 1. The van der Waals surface area contributed by atoms with E-state index < -0.39 is 0 Å². The molecule has 3 heteroatoms. The topological polar surface area (TPSA) is 9.34 Å². The van der Waals surface area contributed by atoms with E-state index in [2.05, 4.69) is 130 Å². The van der Waals surface area contributed by atoms with Gasteiger partial charge in [-0.15, -0.1) is 11.3 Å². The number of fused-ring (bicyclic) bond motifs is 14. The summed E-state index contributed by atoms with van der Waals surface area (Å²) in [6.45, 7) is 0. The van der Waals surface area contributed by atoms with Gasteiger partial charge in [0.2, 0.25) is 0 Å². The van der Waals surface area contributed by atoms with Gasteiger partial charge in [0.25, 0.3) is 0 Å². The van der Waals surface area contributed by atoms with Gasteiger partial charge in [-0.2, -0.15) is 0 Å². The molecule has 4 aromatic heterocycles. The van der Waals surface area contributed by atoms with Gasteiger partial charge >= 0.3 is 0 Å². The minimum absolute atomic E-state index is 1.19. The molecule has 0 saturated carbocycles. The lowest BCUT2D eigenvalue weighted by atomic mass is 10.0. The molecule has 0 bridgehead atoms. The summed E-state index contributed by atoms with van der Waals surface area (Å²) in [5.41, 5.74) is 7.59. The Morgan fingerprint density at radius 3 is 2.03 bits per heavy atom. The van der Waals surface area contributed by atoms with Crippen LogP contribution in [0.4, 0.5) is 0 Å². The number of benzene rings is 6. The highest BCUT2D eigenvalue weighted by Gasteiger charge is 2.24. The number of nitrogens with zero attached hydrogens (tertiary/aromatic N) is 2. The molecule has 0 aliphatic carbocycles. The van der Waals surface area contributed by atoms with Gasteiger partial charge in [-0.1, -0.05) is 78.9 Å². The Hall–Kier alpha value is -4.86. The molecule has 0 aliphatic heterocycles. The molecule has 6 aromatic carbocycles. The van der Waals surface area contributed by atoms with E-state index in [1.54, 1.807) is 0 Å². The SMILES string of the molecule is c1ccc(-n2c3ccccc3c3c2ccc2c4cccc5c6c7c(ccc6n(c45)c23)sc2ccccc27)cc1. The van der Waals surface area contributed by atoms with E-state index in [-0.39, 0.29) is 0 Å². The Morgan fingerprint density at radius 1 is 0.385 bits per heavy atom. The van der Waals surface area contributed by atoms with Crippen LogP contribution in [-0.2, 0) is 0 Å². The van der Waals surface area contributed by atoms with Crippen molar-refractivity contribution < 1.29 is 0 Å². The molecule has 0 aliphatic rings. The van der Waals surface area contributed by atoms with Crippen molar-refractivity contribution in [3.63, 3.8) is 0 Å². The summed E-state index contributed by atoms with van der Waals surface area (Å²) in [7, 11) is 0. The fourth-order valence-corrected chi connectivity index (χ4v) is 8.28. The molecule has 10 aromatic rings. The first-order valence-corrected chi connectivity index (χ1v) is 14.2. The van der Waals surface area contributed by atoms with E-state index >= 15 is 0 Å². The van der Waals surface area contributed by atoms with Crippen molar-refractivity contribution in [2.75, 3.05) is 0 Å². The van der Waals surface area contributed by atoms with Gasteiger partial charge in [-0.05, 0) is 42.5 Å². The second-order valence-electron chi connectivity index (χ2n) is 10.5. The third-order valence-corrected chi connectivity index (χ3v) is 9.77. The van der Waals surface area contributed by atoms with Gasteiger partial charge in [-0.25, -0.2) is 0 Å². The number of aromatic nitrogens is 2. The van der Waals surface area contributed by atoms with Gasteiger partial charge < -0.3 is 8.97 Å². The van der Waals surface area contributed by atoms with E-state index in [4.69, 9.17) is 0 Å². The molecule has 0 spiro atoms. The maximum Gasteiger partial charge on any atom is 0.0641 e. The Kier molecular flexibility index (Phi) is 3.59. The predicted octanol–water partition coefficient (Wildman–Crippen LogP) is 10.3. The molecule has 0 radical (unpaired) electrons. The standard InChI is InChI=1S/C36H20N2S/c1-2-9-21(10-3-1)37-27-15-6-4-11-24(27)33-29(37)18-17-23-22-13-8-14-26-32-28(38(35(22)26)36(23)33)19-20-31-34(32)25-12-5-7-16-30(25)39-31/h1-20H. The van der Waals surface area contributed by atoms with Crippen LogP contribution in [0, 0.1) is 0 Å². The molecule has 0 amide bonds. The average Bonchev–Trinajstić information content (AvgIpc) is 3.72. The van der Waals surface area contributed by atoms with Crippen LogP contribution in [0.25, 0.3) is 85.8 Å².